The average Bonchev–Trinajstić information content (AvgIpc) is 2.93. The van der Waals surface area contributed by atoms with E-state index in [4.69, 9.17) is 4.74 Å². The molecule has 1 aliphatic carbocycles. The van der Waals surface area contributed by atoms with Gasteiger partial charge in [0, 0.05) is 18.4 Å². The summed E-state index contributed by atoms with van der Waals surface area (Å²) in [6.07, 6.45) is 7.59. The van der Waals surface area contributed by atoms with E-state index in [1.165, 1.54) is 0 Å². The van der Waals surface area contributed by atoms with Crippen molar-refractivity contribution in [1.82, 2.24) is 15.3 Å². The van der Waals surface area contributed by atoms with Crippen molar-refractivity contribution in [2.45, 2.75) is 51.6 Å². The summed E-state index contributed by atoms with van der Waals surface area (Å²) < 4.78 is 5.12. The molecule has 0 spiro atoms. The zero-order chi connectivity index (χ0) is 13.7. The van der Waals surface area contributed by atoms with Crippen LogP contribution in [-0.4, -0.2) is 28.6 Å². The summed E-state index contributed by atoms with van der Waals surface area (Å²) in [7, 11) is 0. The summed E-state index contributed by atoms with van der Waals surface area (Å²) in [5, 5.41) is 3.55. The van der Waals surface area contributed by atoms with Gasteiger partial charge in [0.2, 0.25) is 0 Å². The van der Waals surface area contributed by atoms with Crippen molar-refractivity contribution in [2.24, 2.45) is 5.92 Å². The molecule has 19 heavy (non-hydrogen) atoms. The van der Waals surface area contributed by atoms with Crippen LogP contribution in [0.2, 0.25) is 0 Å². The van der Waals surface area contributed by atoms with Crippen molar-refractivity contribution < 1.29 is 9.53 Å². The van der Waals surface area contributed by atoms with E-state index < -0.39 is 0 Å². The van der Waals surface area contributed by atoms with Gasteiger partial charge in [-0.25, -0.2) is 4.98 Å². The number of esters is 1. The van der Waals surface area contributed by atoms with Crippen LogP contribution >= 0.6 is 0 Å². The Morgan fingerprint density at radius 2 is 2.47 bits per heavy atom. The molecule has 1 saturated carbocycles. The molecule has 1 aromatic rings. The summed E-state index contributed by atoms with van der Waals surface area (Å²) in [6.45, 7) is 4.42. The molecule has 0 saturated heterocycles. The van der Waals surface area contributed by atoms with Gasteiger partial charge in [0.1, 0.15) is 5.82 Å². The number of hydrogen-bond acceptors (Lipinski definition) is 4. The van der Waals surface area contributed by atoms with Crippen LogP contribution in [0.25, 0.3) is 0 Å². The topological polar surface area (TPSA) is 67.0 Å². The SMILES string of the molecule is CCOC(=O)C1CCCC(NC(C)c2ncc[nH]2)C1. The molecule has 3 unspecified atom stereocenters. The third-order valence-electron chi connectivity index (χ3n) is 3.71. The summed E-state index contributed by atoms with van der Waals surface area (Å²) in [4.78, 5) is 19.2. The molecule has 0 radical (unpaired) electrons. The molecule has 5 nitrogen and oxygen atoms in total. The van der Waals surface area contributed by atoms with Gasteiger partial charge in [0.05, 0.1) is 18.6 Å². The fraction of sp³-hybridized carbons (Fsp3) is 0.714. The van der Waals surface area contributed by atoms with Gasteiger partial charge in [0.15, 0.2) is 0 Å². The summed E-state index contributed by atoms with van der Waals surface area (Å²) in [5.74, 6) is 0.952. The maximum atomic E-state index is 11.8. The van der Waals surface area contributed by atoms with Crippen LogP contribution in [0.1, 0.15) is 51.4 Å². The number of ether oxygens (including phenoxy) is 1. The number of H-pyrrole nitrogens is 1. The standard InChI is InChI=1S/C14H23N3O2/c1-3-19-14(18)11-5-4-6-12(9-11)17-10(2)13-15-7-8-16-13/h7-8,10-12,17H,3-6,9H2,1-2H3,(H,15,16). The van der Waals surface area contributed by atoms with Crippen LogP contribution in [0.5, 0.6) is 0 Å². The van der Waals surface area contributed by atoms with E-state index in [1.807, 2.05) is 13.1 Å². The van der Waals surface area contributed by atoms with Crippen LogP contribution < -0.4 is 5.32 Å². The molecule has 106 valence electrons. The fourth-order valence-corrected chi connectivity index (χ4v) is 2.76. The van der Waals surface area contributed by atoms with E-state index in [0.29, 0.717) is 12.6 Å². The quantitative estimate of drug-likeness (QED) is 0.801. The van der Waals surface area contributed by atoms with E-state index in [9.17, 15) is 4.79 Å². The van der Waals surface area contributed by atoms with Crippen LogP contribution in [0, 0.1) is 5.92 Å². The number of hydrogen-bond donors (Lipinski definition) is 2. The highest BCUT2D eigenvalue weighted by Gasteiger charge is 2.29. The predicted molar refractivity (Wildman–Crippen MR) is 72.5 cm³/mol. The van der Waals surface area contributed by atoms with E-state index in [1.54, 1.807) is 6.20 Å². The average molecular weight is 265 g/mol. The second-order valence-electron chi connectivity index (χ2n) is 5.18. The van der Waals surface area contributed by atoms with Gasteiger partial charge >= 0.3 is 5.97 Å². The van der Waals surface area contributed by atoms with Crippen molar-refractivity contribution in [3.05, 3.63) is 18.2 Å². The molecule has 1 fully saturated rings. The van der Waals surface area contributed by atoms with E-state index >= 15 is 0 Å². The number of aromatic nitrogens is 2. The molecule has 1 heterocycles. The van der Waals surface area contributed by atoms with Gasteiger partial charge in [-0.1, -0.05) is 6.42 Å². The molecule has 2 rings (SSSR count). The highest BCUT2D eigenvalue weighted by molar-refractivity contribution is 5.72. The monoisotopic (exact) mass is 265 g/mol. The number of nitrogens with one attached hydrogen (secondary N) is 2. The van der Waals surface area contributed by atoms with Gasteiger partial charge in [-0.15, -0.1) is 0 Å². The van der Waals surface area contributed by atoms with Gasteiger partial charge in [0.25, 0.3) is 0 Å². The lowest BCUT2D eigenvalue weighted by Gasteiger charge is -2.30. The molecule has 0 aliphatic heterocycles. The maximum absolute atomic E-state index is 11.8. The van der Waals surface area contributed by atoms with Crippen molar-refractivity contribution in [1.29, 1.82) is 0 Å². The van der Waals surface area contributed by atoms with E-state index in [-0.39, 0.29) is 17.9 Å². The molecule has 1 aromatic heterocycles. The number of nitrogens with zero attached hydrogens (tertiary/aromatic N) is 1. The molecule has 5 heteroatoms. The Morgan fingerprint density at radius 3 is 3.16 bits per heavy atom. The Bertz CT molecular complexity index is 391. The molecule has 2 N–H and O–H groups in total. The number of rotatable bonds is 5. The highest BCUT2D eigenvalue weighted by Crippen LogP contribution is 2.26. The number of imidazole rings is 1. The summed E-state index contributed by atoms with van der Waals surface area (Å²) in [6, 6.07) is 0.546. The van der Waals surface area contributed by atoms with E-state index in [2.05, 4.69) is 22.2 Å². The minimum Gasteiger partial charge on any atom is -0.466 e. The largest absolute Gasteiger partial charge is 0.466 e. The zero-order valence-electron chi connectivity index (χ0n) is 11.7. The smallest absolute Gasteiger partial charge is 0.308 e. The molecule has 0 aromatic carbocycles. The third-order valence-corrected chi connectivity index (χ3v) is 3.71. The number of aromatic amines is 1. The molecule has 0 amide bonds. The first-order chi connectivity index (χ1) is 9.20. The van der Waals surface area contributed by atoms with Gasteiger partial charge in [-0.3, -0.25) is 4.79 Å². The van der Waals surface area contributed by atoms with Crippen LogP contribution in [0.4, 0.5) is 0 Å². The highest BCUT2D eigenvalue weighted by atomic mass is 16.5. The Hall–Kier alpha value is -1.36. The van der Waals surface area contributed by atoms with Crippen LogP contribution in [0.15, 0.2) is 12.4 Å². The van der Waals surface area contributed by atoms with E-state index in [0.717, 1.165) is 31.5 Å². The van der Waals surface area contributed by atoms with Crippen molar-refractivity contribution >= 4 is 5.97 Å². The minimum atomic E-state index is -0.0420. The second kappa shape index (κ2) is 6.70. The summed E-state index contributed by atoms with van der Waals surface area (Å²) in [5.41, 5.74) is 0. The predicted octanol–water partition coefficient (Wildman–Crippen LogP) is 2.18. The number of carbonyl (C=O) groups excluding carboxylic acids is 1. The lowest BCUT2D eigenvalue weighted by molar-refractivity contribution is -0.149. The molecular weight excluding hydrogens is 242 g/mol. The van der Waals surface area contributed by atoms with Crippen molar-refractivity contribution in [3.8, 4) is 0 Å². The zero-order valence-corrected chi connectivity index (χ0v) is 11.7. The second-order valence-corrected chi connectivity index (χ2v) is 5.18. The lowest BCUT2D eigenvalue weighted by atomic mass is 9.85. The first-order valence-electron chi connectivity index (χ1n) is 7.12. The third kappa shape index (κ3) is 3.80. The molecule has 0 bridgehead atoms. The van der Waals surface area contributed by atoms with Crippen LogP contribution in [-0.2, 0) is 9.53 Å². The summed E-state index contributed by atoms with van der Waals surface area (Å²) >= 11 is 0. The van der Waals surface area contributed by atoms with Gasteiger partial charge in [-0.2, -0.15) is 0 Å². The van der Waals surface area contributed by atoms with Crippen LogP contribution in [0.3, 0.4) is 0 Å². The molecule has 3 atom stereocenters. The Labute approximate surface area is 114 Å². The first kappa shape index (κ1) is 14.1. The van der Waals surface area contributed by atoms with Crippen molar-refractivity contribution in [2.75, 3.05) is 6.61 Å². The molecule has 1 aliphatic rings. The minimum absolute atomic E-state index is 0.0420. The molecular formula is C14H23N3O2. The first-order valence-corrected chi connectivity index (χ1v) is 7.12. The lowest BCUT2D eigenvalue weighted by Crippen LogP contribution is -2.38. The van der Waals surface area contributed by atoms with Gasteiger partial charge < -0.3 is 15.0 Å². The Morgan fingerprint density at radius 1 is 1.63 bits per heavy atom. The number of carbonyl (C=O) groups is 1. The van der Waals surface area contributed by atoms with Gasteiger partial charge in [-0.05, 0) is 33.1 Å². The maximum Gasteiger partial charge on any atom is 0.308 e. The normalized spacial score (nSPS) is 24.9. The van der Waals surface area contributed by atoms with Crippen molar-refractivity contribution in [3.63, 3.8) is 0 Å². The Kier molecular flexibility index (Phi) is 4.96. The Balaban J connectivity index is 1.85. The fourth-order valence-electron chi connectivity index (χ4n) is 2.76.